The number of hydrogen-bond donors (Lipinski definition) is 1. The molecule has 0 saturated carbocycles. The van der Waals surface area contributed by atoms with Crippen molar-refractivity contribution in [2.45, 2.75) is 13.0 Å². The lowest BCUT2D eigenvalue weighted by Crippen LogP contribution is -2.30. The fourth-order valence-corrected chi connectivity index (χ4v) is 2.77. The molecule has 29 heavy (non-hydrogen) atoms. The van der Waals surface area contributed by atoms with Crippen LogP contribution in [0.4, 0.5) is 5.69 Å². The molecule has 0 aliphatic carbocycles. The van der Waals surface area contributed by atoms with E-state index in [9.17, 15) is 4.79 Å². The number of nitrogens with one attached hydrogen (secondary N) is 1. The molecule has 6 nitrogen and oxygen atoms in total. The van der Waals surface area contributed by atoms with E-state index in [1.807, 2.05) is 54.6 Å². The first kappa shape index (κ1) is 18.4. The summed E-state index contributed by atoms with van der Waals surface area (Å²) in [5.74, 6) is 1.55. The third-order valence-corrected chi connectivity index (χ3v) is 4.26. The molecule has 0 unspecified atom stereocenters. The van der Waals surface area contributed by atoms with Crippen LogP contribution in [0.3, 0.4) is 0 Å². The van der Waals surface area contributed by atoms with Gasteiger partial charge in [-0.05, 0) is 55.5 Å². The molecule has 1 amide bonds. The molecule has 0 radical (unpaired) electrons. The number of amides is 1. The third-order valence-electron chi connectivity index (χ3n) is 4.26. The highest BCUT2D eigenvalue weighted by molar-refractivity contribution is 5.94. The van der Waals surface area contributed by atoms with Crippen LogP contribution in [-0.4, -0.2) is 22.0 Å². The molecule has 3 aromatic carbocycles. The van der Waals surface area contributed by atoms with E-state index in [2.05, 4.69) is 15.3 Å². The van der Waals surface area contributed by atoms with Crippen molar-refractivity contribution in [2.24, 2.45) is 0 Å². The number of carbonyl (C=O) groups excluding carboxylic acids is 1. The van der Waals surface area contributed by atoms with Gasteiger partial charge in [0, 0.05) is 5.69 Å². The summed E-state index contributed by atoms with van der Waals surface area (Å²) in [4.78, 5) is 20.9. The van der Waals surface area contributed by atoms with Crippen LogP contribution in [0, 0.1) is 0 Å². The number of anilines is 1. The molecule has 1 N–H and O–H groups in total. The molecule has 0 spiro atoms. The Bertz CT molecular complexity index is 1110. The number of ether oxygens (including phenoxy) is 2. The summed E-state index contributed by atoms with van der Waals surface area (Å²) in [6.45, 7) is 1.68. The Balaban J connectivity index is 1.39. The van der Waals surface area contributed by atoms with Gasteiger partial charge in [-0.2, -0.15) is 0 Å². The third kappa shape index (κ3) is 4.50. The molecule has 144 valence electrons. The van der Waals surface area contributed by atoms with Crippen LogP contribution in [0.2, 0.25) is 0 Å². The second kappa shape index (κ2) is 8.39. The molecular formula is C23H19N3O3. The largest absolute Gasteiger partial charge is 0.464 e. The maximum Gasteiger partial charge on any atom is 0.265 e. The van der Waals surface area contributed by atoms with Gasteiger partial charge in [-0.3, -0.25) is 4.79 Å². The smallest absolute Gasteiger partial charge is 0.265 e. The zero-order valence-corrected chi connectivity index (χ0v) is 15.8. The predicted octanol–water partition coefficient (Wildman–Crippen LogP) is 4.83. The van der Waals surface area contributed by atoms with Crippen molar-refractivity contribution < 1.29 is 14.3 Å². The molecule has 1 heterocycles. The van der Waals surface area contributed by atoms with E-state index in [-0.39, 0.29) is 5.91 Å². The lowest BCUT2D eigenvalue weighted by atomic mass is 10.2. The number of nitrogens with zero attached hydrogens (tertiary/aromatic N) is 2. The van der Waals surface area contributed by atoms with Crippen molar-refractivity contribution in [3.8, 4) is 17.4 Å². The second-order valence-corrected chi connectivity index (χ2v) is 6.38. The monoisotopic (exact) mass is 385 g/mol. The zero-order valence-electron chi connectivity index (χ0n) is 15.8. The topological polar surface area (TPSA) is 73.3 Å². The summed E-state index contributed by atoms with van der Waals surface area (Å²) in [5.41, 5.74) is 1.41. The van der Waals surface area contributed by atoms with Gasteiger partial charge >= 0.3 is 0 Å². The first-order valence-electron chi connectivity index (χ1n) is 9.19. The van der Waals surface area contributed by atoms with Crippen LogP contribution in [0.1, 0.15) is 6.92 Å². The van der Waals surface area contributed by atoms with Gasteiger partial charge in [0.05, 0.1) is 10.9 Å². The van der Waals surface area contributed by atoms with E-state index in [0.29, 0.717) is 17.3 Å². The van der Waals surface area contributed by atoms with E-state index < -0.39 is 6.10 Å². The van der Waals surface area contributed by atoms with Crippen molar-refractivity contribution in [1.82, 2.24) is 9.97 Å². The van der Waals surface area contributed by atoms with E-state index in [4.69, 9.17) is 9.47 Å². The van der Waals surface area contributed by atoms with Gasteiger partial charge in [0.1, 0.15) is 17.8 Å². The maximum atomic E-state index is 12.5. The summed E-state index contributed by atoms with van der Waals surface area (Å²) in [6.07, 6.45) is 0.696. The highest BCUT2D eigenvalue weighted by atomic mass is 16.5. The van der Waals surface area contributed by atoms with Crippen molar-refractivity contribution in [3.05, 3.63) is 85.2 Å². The highest BCUT2D eigenvalue weighted by Gasteiger charge is 2.17. The Morgan fingerprint density at radius 3 is 2.34 bits per heavy atom. The van der Waals surface area contributed by atoms with Crippen LogP contribution in [0.25, 0.3) is 10.9 Å². The number of benzene rings is 3. The Morgan fingerprint density at radius 2 is 1.55 bits per heavy atom. The average molecular weight is 385 g/mol. The minimum absolute atomic E-state index is 0.274. The number of para-hydroxylation sites is 2. The SMILES string of the molecule is C[C@H](Oc1ncnc2ccccc12)C(=O)Nc1ccc(Oc2ccccc2)cc1. The summed E-state index contributed by atoms with van der Waals surface area (Å²) in [6, 6.07) is 24.2. The van der Waals surface area contributed by atoms with Gasteiger partial charge in [0.15, 0.2) is 6.10 Å². The fourth-order valence-electron chi connectivity index (χ4n) is 2.77. The molecule has 0 saturated heterocycles. The second-order valence-electron chi connectivity index (χ2n) is 6.38. The molecule has 0 bridgehead atoms. The Kier molecular flexibility index (Phi) is 5.33. The fraction of sp³-hybridized carbons (Fsp3) is 0.0870. The molecular weight excluding hydrogens is 366 g/mol. The number of rotatable bonds is 6. The van der Waals surface area contributed by atoms with E-state index in [1.54, 1.807) is 31.2 Å². The molecule has 0 aliphatic rings. The summed E-state index contributed by atoms with van der Waals surface area (Å²) in [7, 11) is 0. The van der Waals surface area contributed by atoms with E-state index >= 15 is 0 Å². The minimum atomic E-state index is -0.728. The number of carbonyl (C=O) groups is 1. The molecule has 0 fully saturated rings. The van der Waals surface area contributed by atoms with E-state index in [0.717, 1.165) is 16.7 Å². The van der Waals surface area contributed by atoms with Crippen molar-refractivity contribution >= 4 is 22.5 Å². The highest BCUT2D eigenvalue weighted by Crippen LogP contribution is 2.24. The van der Waals surface area contributed by atoms with Crippen molar-refractivity contribution in [1.29, 1.82) is 0 Å². The standard InChI is InChI=1S/C23H19N3O3/c1-16(28-23-20-9-5-6-10-21(20)24-15-25-23)22(27)26-17-11-13-19(14-12-17)29-18-7-3-2-4-8-18/h2-16H,1H3,(H,26,27)/t16-/m0/s1. The van der Waals surface area contributed by atoms with Crippen LogP contribution >= 0.6 is 0 Å². The van der Waals surface area contributed by atoms with Crippen LogP contribution in [0.15, 0.2) is 85.2 Å². The van der Waals surface area contributed by atoms with Gasteiger partial charge in [-0.25, -0.2) is 9.97 Å². The molecule has 1 aromatic heterocycles. The predicted molar refractivity (Wildman–Crippen MR) is 111 cm³/mol. The van der Waals surface area contributed by atoms with Crippen LogP contribution < -0.4 is 14.8 Å². The average Bonchev–Trinajstić information content (AvgIpc) is 2.76. The molecule has 4 aromatic rings. The first-order chi connectivity index (χ1) is 14.2. The molecule has 0 aliphatic heterocycles. The summed E-state index contributed by atoms with van der Waals surface area (Å²) < 4.78 is 11.5. The molecule has 1 atom stereocenters. The summed E-state index contributed by atoms with van der Waals surface area (Å²) in [5, 5.41) is 3.60. The number of aromatic nitrogens is 2. The normalized spacial score (nSPS) is 11.6. The molecule has 4 rings (SSSR count). The zero-order chi connectivity index (χ0) is 20.1. The van der Waals surface area contributed by atoms with Crippen LogP contribution in [-0.2, 0) is 4.79 Å². The molecule has 6 heteroatoms. The van der Waals surface area contributed by atoms with Crippen LogP contribution in [0.5, 0.6) is 17.4 Å². The van der Waals surface area contributed by atoms with Gasteiger partial charge < -0.3 is 14.8 Å². The number of hydrogen-bond acceptors (Lipinski definition) is 5. The lowest BCUT2D eigenvalue weighted by Gasteiger charge is -2.15. The lowest BCUT2D eigenvalue weighted by molar-refractivity contribution is -0.122. The Hall–Kier alpha value is -3.93. The minimum Gasteiger partial charge on any atom is -0.464 e. The Morgan fingerprint density at radius 1 is 0.862 bits per heavy atom. The van der Waals surface area contributed by atoms with E-state index in [1.165, 1.54) is 6.33 Å². The van der Waals surface area contributed by atoms with Gasteiger partial charge in [0.2, 0.25) is 5.88 Å². The van der Waals surface area contributed by atoms with Crippen molar-refractivity contribution in [3.63, 3.8) is 0 Å². The van der Waals surface area contributed by atoms with Gasteiger partial charge in [0.25, 0.3) is 5.91 Å². The maximum absolute atomic E-state index is 12.5. The van der Waals surface area contributed by atoms with Gasteiger partial charge in [-0.1, -0.05) is 30.3 Å². The van der Waals surface area contributed by atoms with Gasteiger partial charge in [-0.15, -0.1) is 0 Å². The summed E-state index contributed by atoms with van der Waals surface area (Å²) >= 11 is 0. The first-order valence-corrected chi connectivity index (χ1v) is 9.19. The number of fused-ring (bicyclic) bond motifs is 1. The van der Waals surface area contributed by atoms with Crippen molar-refractivity contribution in [2.75, 3.05) is 5.32 Å². The Labute approximate surface area is 168 Å². The quantitative estimate of drug-likeness (QED) is 0.515.